The van der Waals surface area contributed by atoms with Crippen LogP contribution in [0.1, 0.15) is 19.8 Å². The number of rotatable bonds is 5. The first kappa shape index (κ1) is 16.7. The summed E-state index contributed by atoms with van der Waals surface area (Å²) in [6, 6.07) is 9.16. The topological polar surface area (TPSA) is 100 Å². The molecule has 6 heteroatoms. The van der Waals surface area contributed by atoms with Crippen LogP contribution in [0.4, 0.5) is 0 Å². The molecule has 0 aliphatic rings. The Labute approximate surface area is 143 Å². The fraction of sp³-hybridized carbons (Fsp3) is 0.211. The number of ether oxygens (including phenoxy) is 1. The lowest BCUT2D eigenvalue weighted by Gasteiger charge is -2.12. The number of benzene rings is 2. The van der Waals surface area contributed by atoms with Crippen molar-refractivity contribution in [3.05, 3.63) is 46.6 Å². The van der Waals surface area contributed by atoms with Crippen LogP contribution in [-0.4, -0.2) is 21.9 Å². The van der Waals surface area contributed by atoms with E-state index in [0.717, 1.165) is 12.8 Å². The average molecular weight is 342 g/mol. The number of hydrogen-bond acceptors (Lipinski definition) is 6. The molecule has 1 heterocycles. The van der Waals surface area contributed by atoms with E-state index in [0.29, 0.717) is 17.6 Å². The molecule has 0 bridgehead atoms. The van der Waals surface area contributed by atoms with Crippen LogP contribution in [0.3, 0.4) is 0 Å². The maximum atomic E-state index is 12.8. The van der Waals surface area contributed by atoms with Gasteiger partial charge in [-0.05, 0) is 30.7 Å². The molecule has 0 radical (unpaired) electrons. The predicted molar refractivity (Wildman–Crippen MR) is 93.3 cm³/mol. The Morgan fingerprint density at radius 3 is 2.44 bits per heavy atom. The van der Waals surface area contributed by atoms with Gasteiger partial charge in [-0.1, -0.05) is 25.5 Å². The fourth-order valence-electron chi connectivity index (χ4n) is 2.50. The van der Waals surface area contributed by atoms with E-state index in [-0.39, 0.29) is 22.5 Å². The van der Waals surface area contributed by atoms with Gasteiger partial charge >= 0.3 is 0 Å². The summed E-state index contributed by atoms with van der Waals surface area (Å²) in [7, 11) is 0. The van der Waals surface area contributed by atoms with E-state index in [4.69, 9.17) is 9.15 Å². The van der Waals surface area contributed by atoms with Gasteiger partial charge in [-0.25, -0.2) is 0 Å². The monoisotopic (exact) mass is 342 g/mol. The van der Waals surface area contributed by atoms with Crippen molar-refractivity contribution in [2.24, 2.45) is 0 Å². The Hall–Kier alpha value is -3.15. The maximum Gasteiger partial charge on any atom is 0.235 e. The highest BCUT2D eigenvalue weighted by Gasteiger charge is 2.20. The Bertz CT molecular complexity index is 950. The molecule has 0 saturated heterocycles. The van der Waals surface area contributed by atoms with Crippen LogP contribution in [0.25, 0.3) is 22.3 Å². The minimum atomic E-state index is -0.639. The molecule has 0 atom stereocenters. The molecular weight excluding hydrogens is 324 g/mol. The van der Waals surface area contributed by atoms with Crippen LogP contribution >= 0.6 is 0 Å². The first-order valence-electron chi connectivity index (χ1n) is 7.97. The predicted octanol–water partition coefficient (Wildman–Crippen LogP) is 3.76. The highest BCUT2D eigenvalue weighted by molar-refractivity contribution is 5.82. The van der Waals surface area contributed by atoms with Gasteiger partial charge < -0.3 is 24.5 Å². The molecular formula is C19H18O6. The summed E-state index contributed by atoms with van der Waals surface area (Å²) >= 11 is 0. The quantitative estimate of drug-likeness (QED) is 0.482. The van der Waals surface area contributed by atoms with Gasteiger partial charge in [0.25, 0.3) is 0 Å². The van der Waals surface area contributed by atoms with Crippen molar-refractivity contribution in [3.8, 4) is 34.3 Å². The van der Waals surface area contributed by atoms with Crippen molar-refractivity contribution >= 4 is 11.0 Å². The van der Waals surface area contributed by atoms with Crippen molar-refractivity contribution in [2.45, 2.75) is 19.8 Å². The van der Waals surface area contributed by atoms with Gasteiger partial charge in [-0.2, -0.15) is 0 Å². The fourth-order valence-corrected chi connectivity index (χ4v) is 2.50. The van der Waals surface area contributed by atoms with Crippen LogP contribution in [0.2, 0.25) is 0 Å². The molecule has 0 amide bonds. The summed E-state index contributed by atoms with van der Waals surface area (Å²) in [5, 5.41) is 29.4. The van der Waals surface area contributed by atoms with Crippen LogP contribution < -0.4 is 10.2 Å². The van der Waals surface area contributed by atoms with Crippen molar-refractivity contribution in [2.75, 3.05) is 6.61 Å². The highest BCUT2D eigenvalue weighted by Crippen LogP contribution is 2.41. The van der Waals surface area contributed by atoms with Crippen LogP contribution in [0.15, 0.2) is 45.6 Å². The molecule has 0 spiro atoms. The standard InChI is InChI=1S/C19H18O6/c1-2-3-8-24-19-16(22)12-6-4-5-7-15(12)25-18(19)11-9-13(20)17(23)14(21)10-11/h4-7,9-10,20-21,23H,2-3,8H2,1H3. The second-order valence-corrected chi connectivity index (χ2v) is 5.65. The summed E-state index contributed by atoms with van der Waals surface area (Å²) in [4.78, 5) is 12.8. The zero-order chi connectivity index (χ0) is 18.0. The first-order chi connectivity index (χ1) is 12.0. The smallest absolute Gasteiger partial charge is 0.235 e. The van der Waals surface area contributed by atoms with Crippen molar-refractivity contribution in [1.82, 2.24) is 0 Å². The molecule has 0 aliphatic carbocycles. The maximum absolute atomic E-state index is 12.8. The van der Waals surface area contributed by atoms with E-state index >= 15 is 0 Å². The van der Waals surface area contributed by atoms with Crippen molar-refractivity contribution in [1.29, 1.82) is 0 Å². The van der Waals surface area contributed by atoms with Gasteiger partial charge in [0.15, 0.2) is 23.0 Å². The van der Waals surface area contributed by atoms with Crippen molar-refractivity contribution < 1.29 is 24.5 Å². The largest absolute Gasteiger partial charge is 0.504 e. The van der Waals surface area contributed by atoms with Gasteiger partial charge in [0.05, 0.1) is 12.0 Å². The lowest BCUT2D eigenvalue weighted by molar-refractivity contribution is 0.301. The molecule has 0 unspecified atom stereocenters. The molecule has 25 heavy (non-hydrogen) atoms. The number of aromatic hydroxyl groups is 3. The van der Waals surface area contributed by atoms with Crippen LogP contribution in [-0.2, 0) is 0 Å². The molecule has 130 valence electrons. The molecule has 3 aromatic rings. The van der Waals surface area contributed by atoms with Gasteiger partial charge in [0, 0.05) is 5.56 Å². The van der Waals surface area contributed by atoms with E-state index in [1.165, 1.54) is 12.1 Å². The Balaban J connectivity index is 2.25. The number of phenols is 3. The minimum absolute atomic E-state index is 0.0108. The summed E-state index contributed by atoms with van der Waals surface area (Å²) in [6.45, 7) is 2.34. The summed E-state index contributed by atoms with van der Waals surface area (Å²) in [6.07, 6.45) is 1.66. The van der Waals surface area contributed by atoms with Gasteiger partial charge in [-0.15, -0.1) is 0 Å². The van der Waals surface area contributed by atoms with Crippen LogP contribution in [0.5, 0.6) is 23.0 Å². The van der Waals surface area contributed by atoms with Gasteiger partial charge in [-0.3, -0.25) is 4.79 Å². The van der Waals surface area contributed by atoms with E-state index in [9.17, 15) is 20.1 Å². The zero-order valence-electron chi connectivity index (χ0n) is 13.7. The normalized spacial score (nSPS) is 10.9. The number of fused-ring (bicyclic) bond motifs is 1. The molecule has 0 fully saturated rings. The SMILES string of the molecule is CCCCOc1c(-c2cc(O)c(O)c(O)c2)oc2ccccc2c1=O. The molecule has 3 rings (SSSR count). The number of hydrogen-bond donors (Lipinski definition) is 3. The molecule has 3 N–H and O–H groups in total. The third-order valence-corrected chi connectivity index (χ3v) is 3.83. The molecule has 2 aromatic carbocycles. The lowest BCUT2D eigenvalue weighted by Crippen LogP contribution is -2.11. The van der Waals surface area contributed by atoms with Gasteiger partial charge in [0.2, 0.25) is 11.2 Å². The molecule has 0 aliphatic heterocycles. The summed E-state index contributed by atoms with van der Waals surface area (Å²) < 4.78 is 11.5. The number of para-hydroxylation sites is 1. The second kappa shape index (κ2) is 6.76. The summed E-state index contributed by atoms with van der Waals surface area (Å²) in [5.74, 6) is -1.59. The minimum Gasteiger partial charge on any atom is -0.504 e. The number of phenolic OH excluding ortho intramolecular Hbond substituents is 3. The van der Waals surface area contributed by atoms with E-state index < -0.39 is 17.2 Å². The van der Waals surface area contributed by atoms with E-state index in [1.54, 1.807) is 24.3 Å². The van der Waals surface area contributed by atoms with Crippen LogP contribution in [0, 0.1) is 0 Å². The first-order valence-corrected chi connectivity index (χ1v) is 7.97. The number of unbranched alkanes of at least 4 members (excludes halogenated alkanes) is 1. The Kier molecular flexibility index (Phi) is 4.52. The second-order valence-electron chi connectivity index (χ2n) is 5.65. The van der Waals surface area contributed by atoms with Crippen molar-refractivity contribution in [3.63, 3.8) is 0 Å². The molecule has 6 nitrogen and oxygen atoms in total. The third-order valence-electron chi connectivity index (χ3n) is 3.83. The molecule has 1 aromatic heterocycles. The Morgan fingerprint density at radius 2 is 1.76 bits per heavy atom. The lowest BCUT2D eigenvalue weighted by atomic mass is 10.1. The Morgan fingerprint density at radius 1 is 1.08 bits per heavy atom. The molecule has 0 saturated carbocycles. The third kappa shape index (κ3) is 3.10. The average Bonchev–Trinajstić information content (AvgIpc) is 2.61. The van der Waals surface area contributed by atoms with E-state index in [1.807, 2.05) is 6.92 Å². The van der Waals surface area contributed by atoms with Gasteiger partial charge in [0.1, 0.15) is 5.58 Å². The highest BCUT2D eigenvalue weighted by atomic mass is 16.5. The zero-order valence-corrected chi connectivity index (χ0v) is 13.7. The summed E-state index contributed by atoms with van der Waals surface area (Å²) in [5.41, 5.74) is 0.250. The van der Waals surface area contributed by atoms with E-state index in [2.05, 4.69) is 0 Å².